The number of hydrogen-bond acceptors (Lipinski definition) is 6. The van der Waals surface area contributed by atoms with E-state index in [1.165, 1.54) is 0 Å². The van der Waals surface area contributed by atoms with E-state index in [0.29, 0.717) is 12.2 Å². The second-order valence-electron chi connectivity index (χ2n) is 7.91. The van der Waals surface area contributed by atoms with Crippen molar-refractivity contribution >= 4 is 17.3 Å². The molecule has 3 aromatic rings. The van der Waals surface area contributed by atoms with Gasteiger partial charge >= 0.3 is 0 Å². The summed E-state index contributed by atoms with van der Waals surface area (Å²) in [6.07, 6.45) is 5.12. The van der Waals surface area contributed by atoms with Crippen LogP contribution in [0.3, 0.4) is 0 Å². The molecule has 160 valence electrons. The largest absolute Gasteiger partial charge is 0.497 e. The van der Waals surface area contributed by atoms with Gasteiger partial charge in [-0.25, -0.2) is 4.98 Å². The molecule has 31 heavy (non-hydrogen) atoms. The minimum atomic E-state index is -0.0698. The number of carbonyl (C=O) groups excluding carboxylic acids is 1. The van der Waals surface area contributed by atoms with Gasteiger partial charge < -0.3 is 15.0 Å². The van der Waals surface area contributed by atoms with Crippen LogP contribution in [-0.4, -0.2) is 46.0 Å². The van der Waals surface area contributed by atoms with Crippen molar-refractivity contribution in [2.75, 3.05) is 25.5 Å². The molecule has 0 radical (unpaired) electrons. The smallest absolute Gasteiger partial charge is 0.274 e. The molecule has 1 atom stereocenters. The molecule has 0 saturated carbocycles. The fraction of sp³-hybridized carbons (Fsp3) is 0.333. The number of pyridine rings is 1. The van der Waals surface area contributed by atoms with E-state index in [-0.39, 0.29) is 11.8 Å². The number of methoxy groups -OCH3 is 1. The maximum absolute atomic E-state index is 12.9. The van der Waals surface area contributed by atoms with Crippen molar-refractivity contribution < 1.29 is 9.53 Å². The van der Waals surface area contributed by atoms with Crippen molar-refractivity contribution in [3.05, 3.63) is 71.6 Å². The van der Waals surface area contributed by atoms with Gasteiger partial charge in [-0.2, -0.15) is 0 Å². The molecule has 1 aromatic carbocycles. The number of rotatable bonds is 5. The first kappa shape index (κ1) is 20.8. The van der Waals surface area contributed by atoms with Crippen molar-refractivity contribution in [2.24, 2.45) is 0 Å². The standard InChI is InChI=1S/C24H27N5O2/c1-16-10-20(28-19-7-4-8-21(11-19)31-3)12-22(27-16)18-6-5-9-29(15-18)24(30)23-14-25-17(2)13-26-23/h4,7-8,10-14,18H,5-6,9,15H2,1-3H3,(H,27,28)/t18-/m0/s1. The number of carbonyl (C=O) groups is 1. The van der Waals surface area contributed by atoms with Crippen molar-refractivity contribution in [2.45, 2.75) is 32.6 Å². The molecule has 1 N–H and O–H groups in total. The second kappa shape index (κ2) is 9.12. The highest BCUT2D eigenvalue weighted by molar-refractivity contribution is 5.92. The summed E-state index contributed by atoms with van der Waals surface area (Å²) in [5.41, 5.74) is 5.06. The number of likely N-dealkylation sites (tertiary alicyclic amines) is 1. The van der Waals surface area contributed by atoms with E-state index in [2.05, 4.69) is 21.4 Å². The molecule has 1 aliphatic heterocycles. The Balaban J connectivity index is 1.51. The molecular weight excluding hydrogens is 390 g/mol. The number of anilines is 2. The number of benzene rings is 1. The number of amides is 1. The van der Waals surface area contributed by atoms with Crippen LogP contribution in [0.4, 0.5) is 11.4 Å². The van der Waals surface area contributed by atoms with Gasteiger partial charge in [0.2, 0.25) is 0 Å². The Morgan fingerprint density at radius 3 is 2.74 bits per heavy atom. The van der Waals surface area contributed by atoms with Crippen LogP contribution in [0.2, 0.25) is 0 Å². The number of aryl methyl sites for hydroxylation is 2. The van der Waals surface area contributed by atoms with Gasteiger partial charge in [0.15, 0.2) is 0 Å². The SMILES string of the molecule is COc1cccc(Nc2cc(C)nc([C@H]3CCCN(C(=O)c4cnc(C)cn4)C3)c2)c1. The Kier molecular flexibility index (Phi) is 6.11. The molecule has 7 heteroatoms. The molecule has 0 unspecified atom stereocenters. The fourth-order valence-electron chi connectivity index (χ4n) is 3.91. The first-order chi connectivity index (χ1) is 15.0. The summed E-state index contributed by atoms with van der Waals surface area (Å²) in [6.45, 7) is 5.21. The highest BCUT2D eigenvalue weighted by atomic mass is 16.5. The molecule has 0 aliphatic carbocycles. The number of hydrogen-bond donors (Lipinski definition) is 1. The predicted octanol–water partition coefficient (Wildman–Crippen LogP) is 4.26. The van der Waals surface area contributed by atoms with Gasteiger partial charge in [0.05, 0.1) is 19.0 Å². The van der Waals surface area contributed by atoms with Crippen molar-refractivity contribution in [1.29, 1.82) is 0 Å². The van der Waals surface area contributed by atoms with E-state index in [1.807, 2.05) is 49.1 Å². The van der Waals surface area contributed by atoms with Crippen LogP contribution in [0, 0.1) is 13.8 Å². The normalized spacial score (nSPS) is 16.1. The van der Waals surface area contributed by atoms with Crippen molar-refractivity contribution in [3.63, 3.8) is 0 Å². The molecule has 1 fully saturated rings. The molecule has 2 aromatic heterocycles. The molecular formula is C24H27N5O2. The summed E-state index contributed by atoms with van der Waals surface area (Å²) in [5, 5.41) is 3.45. The zero-order valence-electron chi connectivity index (χ0n) is 18.1. The minimum Gasteiger partial charge on any atom is -0.497 e. The summed E-state index contributed by atoms with van der Waals surface area (Å²) in [5.74, 6) is 0.915. The molecule has 7 nitrogen and oxygen atoms in total. The lowest BCUT2D eigenvalue weighted by Gasteiger charge is -2.32. The number of nitrogens with zero attached hydrogens (tertiary/aromatic N) is 4. The molecule has 0 spiro atoms. The highest BCUT2D eigenvalue weighted by Crippen LogP contribution is 2.30. The van der Waals surface area contributed by atoms with E-state index >= 15 is 0 Å². The lowest BCUT2D eigenvalue weighted by atomic mass is 9.93. The average Bonchev–Trinajstić information content (AvgIpc) is 2.79. The lowest BCUT2D eigenvalue weighted by molar-refractivity contribution is 0.0699. The molecule has 0 bridgehead atoms. The Labute approximate surface area is 182 Å². The molecule has 1 amide bonds. The van der Waals surface area contributed by atoms with Gasteiger partial charge in [-0.15, -0.1) is 0 Å². The summed E-state index contributed by atoms with van der Waals surface area (Å²) < 4.78 is 5.31. The van der Waals surface area contributed by atoms with E-state index < -0.39 is 0 Å². The Bertz CT molecular complexity index is 1070. The van der Waals surface area contributed by atoms with Gasteiger partial charge in [-0.3, -0.25) is 14.8 Å². The monoisotopic (exact) mass is 417 g/mol. The first-order valence-corrected chi connectivity index (χ1v) is 10.5. The topological polar surface area (TPSA) is 80.2 Å². The number of aromatic nitrogens is 3. The maximum Gasteiger partial charge on any atom is 0.274 e. The Hall–Kier alpha value is -3.48. The number of ether oxygens (including phenoxy) is 1. The van der Waals surface area contributed by atoms with E-state index in [1.54, 1.807) is 19.5 Å². The third-order valence-electron chi connectivity index (χ3n) is 5.46. The van der Waals surface area contributed by atoms with Crippen LogP contribution in [0.1, 0.15) is 46.3 Å². The van der Waals surface area contributed by atoms with Gasteiger partial charge in [0.1, 0.15) is 11.4 Å². The zero-order chi connectivity index (χ0) is 21.8. The maximum atomic E-state index is 12.9. The minimum absolute atomic E-state index is 0.0698. The van der Waals surface area contributed by atoms with E-state index in [4.69, 9.17) is 9.72 Å². The molecule has 1 saturated heterocycles. The van der Waals surface area contributed by atoms with Gasteiger partial charge in [0.25, 0.3) is 5.91 Å². The lowest BCUT2D eigenvalue weighted by Crippen LogP contribution is -2.39. The van der Waals surface area contributed by atoms with Gasteiger partial charge in [-0.05, 0) is 51.0 Å². The number of piperidine rings is 1. The summed E-state index contributed by atoms with van der Waals surface area (Å²) >= 11 is 0. The third kappa shape index (κ3) is 4.99. The van der Waals surface area contributed by atoms with Crippen LogP contribution >= 0.6 is 0 Å². The number of nitrogens with one attached hydrogen (secondary N) is 1. The van der Waals surface area contributed by atoms with Gasteiger partial charge in [0, 0.05) is 54.0 Å². The van der Waals surface area contributed by atoms with Crippen LogP contribution in [0.25, 0.3) is 0 Å². The quantitative estimate of drug-likeness (QED) is 0.668. The van der Waals surface area contributed by atoms with Crippen LogP contribution in [0.5, 0.6) is 5.75 Å². The average molecular weight is 418 g/mol. The summed E-state index contributed by atoms with van der Waals surface area (Å²) in [7, 11) is 1.66. The van der Waals surface area contributed by atoms with Crippen LogP contribution in [-0.2, 0) is 0 Å². The van der Waals surface area contributed by atoms with Crippen molar-refractivity contribution in [3.8, 4) is 5.75 Å². The molecule has 1 aliphatic rings. The third-order valence-corrected chi connectivity index (χ3v) is 5.46. The summed E-state index contributed by atoms with van der Waals surface area (Å²) in [6, 6.07) is 11.9. The molecule has 3 heterocycles. The Morgan fingerprint density at radius 1 is 1.10 bits per heavy atom. The zero-order valence-corrected chi connectivity index (χ0v) is 18.1. The summed E-state index contributed by atoms with van der Waals surface area (Å²) in [4.78, 5) is 28.0. The van der Waals surface area contributed by atoms with Crippen molar-refractivity contribution in [1.82, 2.24) is 19.9 Å². The molecule has 4 rings (SSSR count). The first-order valence-electron chi connectivity index (χ1n) is 10.5. The van der Waals surface area contributed by atoms with E-state index in [9.17, 15) is 4.79 Å². The second-order valence-corrected chi connectivity index (χ2v) is 7.91. The van der Waals surface area contributed by atoms with Gasteiger partial charge in [-0.1, -0.05) is 6.07 Å². The highest BCUT2D eigenvalue weighted by Gasteiger charge is 2.27. The Morgan fingerprint density at radius 2 is 1.97 bits per heavy atom. The predicted molar refractivity (Wildman–Crippen MR) is 120 cm³/mol. The van der Waals surface area contributed by atoms with Crippen LogP contribution in [0.15, 0.2) is 48.8 Å². The van der Waals surface area contributed by atoms with E-state index in [0.717, 1.165) is 53.6 Å². The van der Waals surface area contributed by atoms with Crippen LogP contribution < -0.4 is 10.1 Å². The fourth-order valence-corrected chi connectivity index (χ4v) is 3.91.